The van der Waals surface area contributed by atoms with Crippen LogP contribution < -0.4 is 4.57 Å². The summed E-state index contributed by atoms with van der Waals surface area (Å²) < 4.78 is 12.7. The molecule has 1 N–H and O–H groups in total. The average molecular weight is 384 g/mol. The first-order valence-corrected chi connectivity index (χ1v) is 9.24. The van der Waals surface area contributed by atoms with Gasteiger partial charge in [-0.25, -0.2) is 14.3 Å². The number of benzene rings is 1. The van der Waals surface area contributed by atoms with E-state index in [0.717, 1.165) is 33.7 Å². The highest BCUT2D eigenvalue weighted by atomic mass is 16.6. The molecular weight excluding hydrogens is 358 g/mol. The zero-order valence-corrected chi connectivity index (χ0v) is 17.2. The molecule has 0 aliphatic rings. The number of ether oxygens (including phenoxy) is 1. The average Bonchev–Trinajstić information content (AvgIpc) is 3.05. The van der Waals surface area contributed by atoms with Gasteiger partial charge < -0.3 is 9.26 Å². The molecule has 7 heteroatoms. The summed E-state index contributed by atoms with van der Waals surface area (Å²) in [6.07, 6.45) is 0.341. The number of carbonyl (C=O) groups excluding carboxylic acids is 2. The third-order valence-electron chi connectivity index (χ3n) is 4.31. The van der Waals surface area contributed by atoms with E-state index in [1.165, 1.54) is 0 Å². The first-order valence-electron chi connectivity index (χ1n) is 9.24. The lowest BCUT2D eigenvalue weighted by Gasteiger charge is -2.18. The molecule has 0 unspecified atom stereocenters. The van der Waals surface area contributed by atoms with Gasteiger partial charge in [0.1, 0.15) is 22.7 Å². The Kier molecular flexibility index (Phi) is 5.10. The van der Waals surface area contributed by atoms with Crippen LogP contribution in [0.15, 0.2) is 22.7 Å². The Morgan fingerprint density at radius 1 is 1.25 bits per heavy atom. The van der Waals surface area contributed by atoms with Gasteiger partial charge in [0, 0.05) is 6.42 Å². The number of esters is 1. The SMILES string of the molecule is CC(=O)Cc1ccc2[nH]c(-c3c(C)noc3C)[n+](CC(=O)OC(C)(C)C)c2c1. The van der Waals surface area contributed by atoms with Crippen LogP contribution in [0.2, 0.25) is 0 Å². The van der Waals surface area contributed by atoms with E-state index in [4.69, 9.17) is 9.26 Å². The van der Waals surface area contributed by atoms with Gasteiger partial charge in [-0.3, -0.25) is 4.79 Å². The Bertz CT molecular complexity index is 1030. The van der Waals surface area contributed by atoms with Gasteiger partial charge >= 0.3 is 5.97 Å². The molecule has 3 rings (SSSR count). The second kappa shape index (κ2) is 7.22. The lowest BCUT2D eigenvalue weighted by Crippen LogP contribution is -2.42. The molecule has 0 bridgehead atoms. The van der Waals surface area contributed by atoms with Crippen molar-refractivity contribution in [1.29, 1.82) is 0 Å². The predicted molar refractivity (Wildman–Crippen MR) is 104 cm³/mol. The summed E-state index contributed by atoms with van der Waals surface area (Å²) in [6, 6.07) is 5.76. The second-order valence-corrected chi connectivity index (χ2v) is 8.08. The van der Waals surface area contributed by atoms with Crippen LogP contribution in [0, 0.1) is 13.8 Å². The van der Waals surface area contributed by atoms with Gasteiger partial charge in [0.2, 0.25) is 0 Å². The highest BCUT2D eigenvalue weighted by Gasteiger charge is 2.29. The van der Waals surface area contributed by atoms with Gasteiger partial charge in [-0.15, -0.1) is 0 Å². The van der Waals surface area contributed by atoms with Crippen LogP contribution in [-0.2, 0) is 27.3 Å². The van der Waals surface area contributed by atoms with E-state index in [1.807, 2.05) is 57.4 Å². The number of carbonyl (C=O) groups is 2. The van der Waals surface area contributed by atoms with Crippen molar-refractivity contribution in [2.75, 3.05) is 0 Å². The third kappa shape index (κ3) is 4.13. The topological polar surface area (TPSA) is 89.1 Å². The van der Waals surface area contributed by atoms with Crippen LogP contribution in [0.3, 0.4) is 0 Å². The van der Waals surface area contributed by atoms with E-state index in [2.05, 4.69) is 10.1 Å². The lowest BCUT2D eigenvalue weighted by atomic mass is 10.1. The number of aromatic nitrogens is 3. The van der Waals surface area contributed by atoms with Crippen LogP contribution in [0.1, 0.15) is 44.7 Å². The number of aryl methyl sites for hydroxylation is 2. The number of nitrogens with zero attached hydrogens (tertiary/aromatic N) is 2. The third-order valence-corrected chi connectivity index (χ3v) is 4.31. The second-order valence-electron chi connectivity index (χ2n) is 8.08. The number of Topliss-reactive ketones (excluding diaryl/α,β-unsaturated/α-hetero) is 1. The summed E-state index contributed by atoms with van der Waals surface area (Å²) >= 11 is 0. The molecule has 0 aliphatic heterocycles. The first-order chi connectivity index (χ1) is 13.0. The van der Waals surface area contributed by atoms with Crippen molar-refractivity contribution in [1.82, 2.24) is 10.1 Å². The Balaban J connectivity index is 2.16. The molecule has 3 aromatic rings. The number of fused-ring (bicyclic) bond motifs is 1. The zero-order chi connectivity index (χ0) is 20.6. The van der Waals surface area contributed by atoms with Gasteiger partial charge in [0.25, 0.3) is 5.82 Å². The molecule has 2 aromatic heterocycles. The molecule has 1 aromatic carbocycles. The number of H-pyrrole nitrogens is 1. The van der Waals surface area contributed by atoms with Crippen LogP contribution in [0.5, 0.6) is 0 Å². The monoisotopic (exact) mass is 384 g/mol. The summed E-state index contributed by atoms with van der Waals surface area (Å²) in [4.78, 5) is 27.5. The summed E-state index contributed by atoms with van der Waals surface area (Å²) in [7, 11) is 0. The molecule has 2 heterocycles. The molecule has 0 atom stereocenters. The van der Waals surface area contributed by atoms with Gasteiger partial charge in [-0.1, -0.05) is 11.2 Å². The molecule has 7 nitrogen and oxygen atoms in total. The van der Waals surface area contributed by atoms with E-state index in [-0.39, 0.29) is 18.3 Å². The van der Waals surface area contributed by atoms with Crippen molar-refractivity contribution in [3.8, 4) is 11.4 Å². The van der Waals surface area contributed by atoms with E-state index in [0.29, 0.717) is 12.2 Å². The predicted octanol–water partition coefficient (Wildman–Crippen LogP) is 3.20. The fraction of sp³-hybridized carbons (Fsp3) is 0.429. The first kappa shape index (κ1) is 19.8. The van der Waals surface area contributed by atoms with Crippen LogP contribution in [-0.4, -0.2) is 27.5 Å². The maximum absolute atomic E-state index is 12.6. The van der Waals surface area contributed by atoms with Crippen molar-refractivity contribution in [2.24, 2.45) is 0 Å². The van der Waals surface area contributed by atoms with Gasteiger partial charge in [0.05, 0.1) is 5.69 Å². The van der Waals surface area contributed by atoms with Crippen molar-refractivity contribution in [3.05, 3.63) is 35.2 Å². The van der Waals surface area contributed by atoms with Gasteiger partial charge in [-0.2, -0.15) is 0 Å². The molecule has 0 saturated carbocycles. The number of imidazole rings is 1. The molecule has 148 valence electrons. The highest BCUT2D eigenvalue weighted by molar-refractivity contribution is 5.81. The minimum absolute atomic E-state index is 0.0280. The van der Waals surface area contributed by atoms with E-state index >= 15 is 0 Å². The summed E-state index contributed by atoms with van der Waals surface area (Å²) in [5.41, 5.74) is 3.53. The summed E-state index contributed by atoms with van der Waals surface area (Å²) in [5.74, 6) is 1.12. The van der Waals surface area contributed by atoms with E-state index < -0.39 is 5.60 Å². The van der Waals surface area contributed by atoms with Gasteiger partial charge in [-0.05, 0) is 59.2 Å². The summed E-state index contributed by atoms with van der Waals surface area (Å²) in [5, 5.41) is 4.03. The van der Waals surface area contributed by atoms with Crippen molar-refractivity contribution in [3.63, 3.8) is 0 Å². The van der Waals surface area contributed by atoms with Crippen molar-refractivity contribution >= 4 is 22.8 Å². The number of nitrogens with one attached hydrogen (secondary N) is 1. The maximum atomic E-state index is 12.6. The molecule has 0 amide bonds. The Morgan fingerprint density at radius 3 is 2.54 bits per heavy atom. The molecule has 0 fully saturated rings. The Morgan fingerprint density at radius 2 is 1.96 bits per heavy atom. The molecule has 0 spiro atoms. The Hall–Kier alpha value is -2.96. The van der Waals surface area contributed by atoms with E-state index in [9.17, 15) is 9.59 Å². The molecule has 0 saturated heterocycles. The van der Waals surface area contributed by atoms with Crippen molar-refractivity contribution < 1.29 is 23.4 Å². The smallest absolute Gasteiger partial charge is 0.349 e. The van der Waals surface area contributed by atoms with E-state index in [1.54, 1.807) is 6.92 Å². The fourth-order valence-electron chi connectivity index (χ4n) is 3.30. The Labute approximate surface area is 163 Å². The molecule has 0 radical (unpaired) electrons. The van der Waals surface area contributed by atoms with Crippen molar-refractivity contribution in [2.45, 2.75) is 60.1 Å². The minimum Gasteiger partial charge on any atom is -0.457 e. The molecule has 0 aliphatic carbocycles. The standard InChI is InChI=1S/C21H25N3O4/c1-12(25)9-15-7-8-16-17(10-15)24(11-18(26)27-21(4,5)6)20(22-16)19-13(2)23-28-14(19)3/h7-8,10H,9,11H2,1-6H3/p+1. The number of hydrogen-bond donors (Lipinski definition) is 1. The highest BCUT2D eigenvalue weighted by Crippen LogP contribution is 2.26. The van der Waals surface area contributed by atoms with Crippen LogP contribution in [0.4, 0.5) is 0 Å². The number of aromatic amines is 1. The zero-order valence-electron chi connectivity index (χ0n) is 17.2. The van der Waals surface area contributed by atoms with Crippen LogP contribution in [0.25, 0.3) is 22.4 Å². The minimum atomic E-state index is -0.577. The number of rotatable bonds is 5. The van der Waals surface area contributed by atoms with Crippen LogP contribution >= 0.6 is 0 Å². The molecular formula is C21H26N3O4+. The molecule has 28 heavy (non-hydrogen) atoms. The van der Waals surface area contributed by atoms with Gasteiger partial charge in [0.15, 0.2) is 17.6 Å². The normalized spacial score (nSPS) is 11.8. The lowest BCUT2D eigenvalue weighted by molar-refractivity contribution is -0.649. The number of hydrogen-bond acceptors (Lipinski definition) is 5. The number of ketones is 1. The largest absolute Gasteiger partial charge is 0.457 e. The summed E-state index contributed by atoms with van der Waals surface area (Å²) in [6.45, 7) is 10.8. The quantitative estimate of drug-likeness (QED) is 0.539. The maximum Gasteiger partial charge on any atom is 0.349 e. The fourth-order valence-corrected chi connectivity index (χ4v) is 3.30.